The molecule has 0 spiro atoms. The molecule has 0 unspecified atom stereocenters. The number of rotatable bonds is 9. The summed E-state index contributed by atoms with van der Waals surface area (Å²) in [6.45, 7) is 2.07. The lowest BCUT2D eigenvalue weighted by Gasteiger charge is -2.28. The Balaban J connectivity index is 1.63. The topological polar surface area (TPSA) is 94.6 Å². The fourth-order valence-corrected chi connectivity index (χ4v) is 4.36. The van der Waals surface area contributed by atoms with E-state index < -0.39 is 11.7 Å². The number of nitrogen functional groups attached to an aromatic ring is 1. The number of phenolic OH excluding ortho intramolecular Hbond substituents is 1. The van der Waals surface area contributed by atoms with Gasteiger partial charge in [0.25, 0.3) is 0 Å². The molecule has 5 N–H and O–H groups in total. The highest BCUT2D eigenvalue weighted by atomic mass is 19.4. The predicted molar refractivity (Wildman–Crippen MR) is 144 cm³/mol. The Morgan fingerprint density at radius 3 is 2.50 bits per heavy atom. The molecule has 0 bridgehead atoms. The highest BCUT2D eigenvalue weighted by Gasteiger charge is 2.36. The van der Waals surface area contributed by atoms with Crippen LogP contribution < -0.4 is 20.7 Å². The third-order valence-corrected chi connectivity index (χ3v) is 6.39. The summed E-state index contributed by atoms with van der Waals surface area (Å²) >= 11 is 0. The smallest absolute Gasteiger partial charge is 0.420 e. The SMILES string of the molecule is N=C(N)c1ccc(O)c(C=CCN(Cc2ccccc2)c2ccc(OC3CCNCC3)c(C(F)(F)F)c2)c1. The molecule has 1 aliphatic rings. The number of hydrogen-bond acceptors (Lipinski definition) is 5. The molecule has 38 heavy (non-hydrogen) atoms. The van der Waals surface area contributed by atoms with Gasteiger partial charge in [0.15, 0.2) is 0 Å². The van der Waals surface area contributed by atoms with Crippen LogP contribution in [-0.4, -0.2) is 36.7 Å². The lowest BCUT2D eigenvalue weighted by molar-refractivity contribution is -0.139. The fraction of sp³-hybridized carbons (Fsp3) is 0.276. The van der Waals surface area contributed by atoms with Crippen molar-refractivity contribution in [3.63, 3.8) is 0 Å². The average molecular weight is 525 g/mol. The number of benzene rings is 3. The minimum Gasteiger partial charge on any atom is -0.507 e. The van der Waals surface area contributed by atoms with Crippen molar-refractivity contribution in [2.24, 2.45) is 5.73 Å². The van der Waals surface area contributed by atoms with Gasteiger partial charge >= 0.3 is 6.18 Å². The molecule has 1 heterocycles. The molecule has 3 aromatic rings. The van der Waals surface area contributed by atoms with Crippen molar-refractivity contribution in [3.05, 3.63) is 95.1 Å². The Morgan fingerprint density at radius 1 is 1.08 bits per heavy atom. The maximum atomic E-state index is 14.1. The van der Waals surface area contributed by atoms with E-state index in [1.54, 1.807) is 30.4 Å². The van der Waals surface area contributed by atoms with Gasteiger partial charge in [-0.1, -0.05) is 42.5 Å². The number of nitrogens with one attached hydrogen (secondary N) is 2. The summed E-state index contributed by atoms with van der Waals surface area (Å²) in [5.41, 5.74) is 7.00. The standard InChI is InChI=1S/C29H31F3N4O2/c30-29(31,32)25-18-23(9-11-27(25)38-24-12-14-35-15-13-24)36(19-20-5-2-1-3-6-20)16-4-7-21-17-22(28(33)34)8-10-26(21)37/h1-11,17-18,24,35,37H,12-16,19H2,(H3,33,34). The third-order valence-electron chi connectivity index (χ3n) is 6.39. The third kappa shape index (κ3) is 7.07. The molecule has 0 radical (unpaired) electrons. The van der Waals surface area contributed by atoms with Crippen molar-refractivity contribution < 1.29 is 23.0 Å². The Kier molecular flexibility index (Phi) is 8.58. The van der Waals surface area contributed by atoms with Crippen molar-refractivity contribution in [1.29, 1.82) is 5.41 Å². The van der Waals surface area contributed by atoms with Gasteiger partial charge < -0.3 is 25.8 Å². The van der Waals surface area contributed by atoms with Crippen molar-refractivity contribution in [1.82, 2.24) is 5.32 Å². The van der Waals surface area contributed by atoms with Crippen molar-refractivity contribution in [3.8, 4) is 11.5 Å². The number of ether oxygens (including phenoxy) is 1. The number of amidine groups is 1. The molecular weight excluding hydrogens is 493 g/mol. The van der Waals surface area contributed by atoms with Crippen LogP contribution in [0.15, 0.2) is 72.8 Å². The average Bonchev–Trinajstić information content (AvgIpc) is 2.90. The molecule has 0 atom stereocenters. The van der Waals surface area contributed by atoms with Crippen LogP contribution in [0.25, 0.3) is 6.08 Å². The van der Waals surface area contributed by atoms with Crippen LogP contribution in [0, 0.1) is 5.41 Å². The highest BCUT2D eigenvalue weighted by Crippen LogP contribution is 2.39. The molecule has 6 nitrogen and oxygen atoms in total. The first kappa shape index (κ1) is 27.1. The van der Waals surface area contributed by atoms with Gasteiger partial charge in [-0.05, 0) is 67.9 Å². The minimum absolute atomic E-state index is 0.0135. The van der Waals surface area contributed by atoms with E-state index in [1.807, 2.05) is 35.2 Å². The number of anilines is 1. The molecular formula is C29H31F3N4O2. The van der Waals surface area contributed by atoms with E-state index in [0.29, 0.717) is 49.3 Å². The molecule has 0 aromatic heterocycles. The maximum Gasteiger partial charge on any atom is 0.420 e. The highest BCUT2D eigenvalue weighted by molar-refractivity contribution is 5.95. The second-order valence-corrected chi connectivity index (χ2v) is 9.20. The summed E-state index contributed by atoms with van der Waals surface area (Å²) in [5, 5.41) is 21.0. The Hall–Kier alpha value is -3.98. The molecule has 9 heteroatoms. The van der Waals surface area contributed by atoms with Crippen LogP contribution in [0.4, 0.5) is 18.9 Å². The Labute approximate surface area is 220 Å². The molecule has 1 saturated heterocycles. The summed E-state index contributed by atoms with van der Waals surface area (Å²) in [4.78, 5) is 1.82. The summed E-state index contributed by atoms with van der Waals surface area (Å²) in [7, 11) is 0. The molecule has 3 aromatic carbocycles. The van der Waals surface area contributed by atoms with E-state index in [-0.39, 0.29) is 30.0 Å². The zero-order chi connectivity index (χ0) is 27.1. The largest absolute Gasteiger partial charge is 0.507 e. The second kappa shape index (κ2) is 12.0. The second-order valence-electron chi connectivity index (χ2n) is 9.20. The molecule has 200 valence electrons. The lowest BCUT2D eigenvalue weighted by Crippen LogP contribution is -2.34. The molecule has 1 fully saturated rings. The molecule has 1 aliphatic heterocycles. The van der Waals surface area contributed by atoms with Crippen LogP contribution in [0.1, 0.15) is 35.1 Å². The van der Waals surface area contributed by atoms with Crippen LogP contribution >= 0.6 is 0 Å². The van der Waals surface area contributed by atoms with Crippen molar-refractivity contribution in [2.75, 3.05) is 24.5 Å². The number of hydrogen-bond donors (Lipinski definition) is 4. The van der Waals surface area contributed by atoms with E-state index in [4.69, 9.17) is 15.9 Å². The number of halogens is 3. The number of nitrogens with zero attached hydrogens (tertiary/aromatic N) is 1. The Bertz CT molecular complexity index is 1270. The van der Waals surface area contributed by atoms with Crippen molar-refractivity contribution >= 4 is 17.6 Å². The van der Waals surface area contributed by atoms with Crippen LogP contribution in [-0.2, 0) is 12.7 Å². The monoisotopic (exact) mass is 524 g/mol. The van der Waals surface area contributed by atoms with Crippen LogP contribution in [0.5, 0.6) is 11.5 Å². The first-order chi connectivity index (χ1) is 18.2. The first-order valence-electron chi connectivity index (χ1n) is 12.4. The van der Waals surface area contributed by atoms with E-state index in [9.17, 15) is 18.3 Å². The van der Waals surface area contributed by atoms with Crippen LogP contribution in [0.3, 0.4) is 0 Å². The van der Waals surface area contributed by atoms with E-state index >= 15 is 0 Å². The number of nitrogens with two attached hydrogens (primary N) is 1. The normalized spacial score (nSPS) is 14.5. The quantitative estimate of drug-likeness (QED) is 0.218. The van der Waals surface area contributed by atoms with Gasteiger partial charge in [-0.25, -0.2) is 0 Å². The first-order valence-corrected chi connectivity index (χ1v) is 12.4. The van der Waals surface area contributed by atoms with Gasteiger partial charge in [-0.2, -0.15) is 13.2 Å². The summed E-state index contributed by atoms with van der Waals surface area (Å²) in [6, 6.07) is 18.3. The number of alkyl halides is 3. The zero-order valence-electron chi connectivity index (χ0n) is 20.8. The van der Waals surface area contributed by atoms with Gasteiger partial charge in [0.1, 0.15) is 23.4 Å². The van der Waals surface area contributed by atoms with Gasteiger partial charge in [-0.15, -0.1) is 0 Å². The van der Waals surface area contributed by atoms with Crippen LogP contribution in [0.2, 0.25) is 0 Å². The summed E-state index contributed by atoms with van der Waals surface area (Å²) in [6.07, 6.45) is -0.104. The van der Waals surface area contributed by atoms with Gasteiger partial charge in [0, 0.05) is 29.9 Å². The molecule has 0 aliphatic carbocycles. The maximum absolute atomic E-state index is 14.1. The minimum atomic E-state index is -4.58. The van der Waals surface area contributed by atoms with E-state index in [1.165, 1.54) is 12.1 Å². The Morgan fingerprint density at radius 2 is 1.82 bits per heavy atom. The number of piperidine rings is 1. The molecule has 0 amide bonds. The fourth-order valence-electron chi connectivity index (χ4n) is 4.36. The molecule has 0 saturated carbocycles. The van der Waals surface area contributed by atoms with Gasteiger partial charge in [0.05, 0.1) is 5.56 Å². The number of aromatic hydroxyl groups is 1. The van der Waals surface area contributed by atoms with Crippen molar-refractivity contribution in [2.45, 2.75) is 31.7 Å². The lowest BCUT2D eigenvalue weighted by atomic mass is 10.1. The zero-order valence-corrected chi connectivity index (χ0v) is 20.8. The predicted octanol–water partition coefficient (Wildman–Crippen LogP) is 5.55. The van der Waals surface area contributed by atoms with Gasteiger partial charge in [-0.3, -0.25) is 5.41 Å². The van der Waals surface area contributed by atoms with E-state index in [2.05, 4.69) is 5.32 Å². The molecule has 4 rings (SSSR count). The summed E-state index contributed by atoms with van der Waals surface area (Å²) in [5.74, 6) is -0.272. The van der Waals surface area contributed by atoms with Gasteiger partial charge in [0.2, 0.25) is 0 Å². The van der Waals surface area contributed by atoms with E-state index in [0.717, 1.165) is 11.6 Å². The number of phenols is 1. The summed E-state index contributed by atoms with van der Waals surface area (Å²) < 4.78 is 48.1.